The lowest BCUT2D eigenvalue weighted by Crippen LogP contribution is -2.61. The summed E-state index contributed by atoms with van der Waals surface area (Å²) in [5.41, 5.74) is 1.15. The van der Waals surface area contributed by atoms with E-state index < -0.39 is 5.60 Å². The molecule has 2 N–H and O–H groups in total. The van der Waals surface area contributed by atoms with Crippen molar-refractivity contribution in [2.45, 2.75) is 88.4 Å². The number of hydrogen-bond donors (Lipinski definition) is 2. The topological polar surface area (TPSA) is 53.6 Å². The fourth-order valence-electron chi connectivity index (χ4n) is 8.56. The van der Waals surface area contributed by atoms with E-state index >= 15 is 0 Å². The lowest BCUT2D eigenvalue weighted by molar-refractivity contribution is -0.200. The summed E-state index contributed by atoms with van der Waals surface area (Å²) in [5, 5.41) is 22.2. The number of aliphatic hydroxyl groups is 2. The monoisotopic (exact) mass is 418 g/mol. The van der Waals surface area contributed by atoms with Crippen molar-refractivity contribution in [2.75, 3.05) is 12.4 Å². The van der Waals surface area contributed by atoms with Crippen LogP contribution in [0, 0.1) is 28.6 Å². The van der Waals surface area contributed by atoms with Crippen LogP contribution < -0.4 is 0 Å². The Labute approximate surface area is 180 Å². The average molecular weight is 419 g/mol. The lowest BCUT2D eigenvalue weighted by atomic mass is 9.43. The van der Waals surface area contributed by atoms with E-state index in [1.54, 1.807) is 6.26 Å². The van der Waals surface area contributed by atoms with Crippen molar-refractivity contribution in [3.8, 4) is 0 Å². The first-order valence-corrected chi connectivity index (χ1v) is 12.9. The van der Waals surface area contributed by atoms with Gasteiger partial charge in [-0.25, -0.2) is 0 Å². The minimum atomic E-state index is -0.520. The van der Waals surface area contributed by atoms with Gasteiger partial charge in [-0.05, 0) is 98.5 Å². The molecule has 4 aliphatic carbocycles. The maximum absolute atomic E-state index is 12.2. The van der Waals surface area contributed by atoms with E-state index in [0.29, 0.717) is 29.8 Å². The zero-order valence-corrected chi connectivity index (χ0v) is 18.9. The van der Waals surface area contributed by atoms with E-state index in [9.17, 15) is 10.2 Å². The molecule has 4 saturated carbocycles. The van der Waals surface area contributed by atoms with Crippen LogP contribution in [-0.4, -0.2) is 33.4 Å². The molecular weight excluding hydrogens is 380 g/mol. The molecule has 4 fully saturated rings. The second-order valence-corrected chi connectivity index (χ2v) is 12.4. The molecule has 1 heterocycles. The Balaban J connectivity index is 1.39. The third kappa shape index (κ3) is 2.91. The van der Waals surface area contributed by atoms with Crippen LogP contribution in [0.15, 0.2) is 23.0 Å². The Morgan fingerprint density at radius 2 is 1.93 bits per heavy atom. The molecule has 0 aliphatic heterocycles. The Kier molecular flexibility index (Phi) is 5.15. The number of fused-ring (bicyclic) bond motifs is 5. The second kappa shape index (κ2) is 7.31. The van der Waals surface area contributed by atoms with E-state index in [2.05, 4.69) is 19.9 Å². The summed E-state index contributed by atoms with van der Waals surface area (Å²) in [5.74, 6) is 3.25. The van der Waals surface area contributed by atoms with Gasteiger partial charge in [0.1, 0.15) is 0 Å². The van der Waals surface area contributed by atoms with Gasteiger partial charge in [0.2, 0.25) is 0 Å². The van der Waals surface area contributed by atoms with Crippen LogP contribution in [0.4, 0.5) is 0 Å². The molecule has 1 aromatic rings. The smallest absolute Gasteiger partial charge is 0.0937 e. The highest BCUT2D eigenvalue weighted by atomic mass is 32.2. The highest BCUT2D eigenvalue weighted by molar-refractivity contribution is 7.99. The Hall–Kier alpha value is -0.450. The third-order valence-corrected chi connectivity index (χ3v) is 11.5. The zero-order valence-electron chi connectivity index (χ0n) is 18.1. The molecule has 3 nitrogen and oxygen atoms in total. The van der Waals surface area contributed by atoms with Gasteiger partial charge in [0.25, 0.3) is 0 Å². The van der Waals surface area contributed by atoms with Crippen molar-refractivity contribution < 1.29 is 14.6 Å². The van der Waals surface area contributed by atoms with Gasteiger partial charge < -0.3 is 14.6 Å². The highest BCUT2D eigenvalue weighted by Crippen LogP contribution is 2.70. The summed E-state index contributed by atoms with van der Waals surface area (Å²) in [6.07, 6.45) is 14.6. The molecule has 0 spiro atoms. The molecule has 0 bridgehead atoms. The molecule has 8 atom stereocenters. The van der Waals surface area contributed by atoms with Crippen molar-refractivity contribution in [3.05, 3.63) is 24.2 Å². The van der Waals surface area contributed by atoms with Crippen LogP contribution in [0.25, 0.3) is 0 Å². The van der Waals surface area contributed by atoms with Crippen molar-refractivity contribution in [1.82, 2.24) is 0 Å². The van der Waals surface area contributed by atoms with Gasteiger partial charge >= 0.3 is 0 Å². The van der Waals surface area contributed by atoms with Gasteiger partial charge in [-0.15, -0.1) is 0 Å². The first kappa shape index (κ1) is 20.5. The predicted molar refractivity (Wildman–Crippen MR) is 118 cm³/mol. The van der Waals surface area contributed by atoms with Crippen LogP contribution in [0.3, 0.4) is 0 Å². The third-order valence-electron chi connectivity index (χ3n) is 10.2. The van der Waals surface area contributed by atoms with Crippen LogP contribution in [0.2, 0.25) is 0 Å². The van der Waals surface area contributed by atoms with E-state index in [4.69, 9.17) is 4.42 Å². The van der Waals surface area contributed by atoms with Crippen LogP contribution in [0.5, 0.6) is 0 Å². The predicted octanol–water partition coefficient (Wildman–Crippen LogP) is 5.61. The molecule has 3 unspecified atom stereocenters. The van der Waals surface area contributed by atoms with Crippen molar-refractivity contribution in [1.29, 1.82) is 0 Å². The number of hydrogen-bond acceptors (Lipinski definition) is 4. The summed E-state index contributed by atoms with van der Waals surface area (Å²) in [4.78, 5) is 0. The van der Waals surface area contributed by atoms with E-state index in [-0.39, 0.29) is 5.41 Å². The van der Waals surface area contributed by atoms with Crippen LogP contribution in [-0.2, 0) is 0 Å². The first-order chi connectivity index (χ1) is 13.9. The Morgan fingerprint density at radius 1 is 1.07 bits per heavy atom. The largest absolute Gasteiger partial charge is 0.472 e. The molecule has 29 heavy (non-hydrogen) atoms. The summed E-state index contributed by atoms with van der Waals surface area (Å²) in [7, 11) is 0. The molecular formula is C25H38O3S. The normalized spacial score (nSPS) is 49.3. The fraction of sp³-hybridized carbons (Fsp3) is 0.840. The molecule has 162 valence electrons. The molecule has 0 radical (unpaired) electrons. The molecule has 4 aliphatic rings. The summed E-state index contributed by atoms with van der Waals surface area (Å²) >= 11 is 1.99. The molecule has 5 rings (SSSR count). The quantitative estimate of drug-likeness (QED) is 0.667. The van der Waals surface area contributed by atoms with Gasteiger partial charge in [0.15, 0.2) is 0 Å². The maximum atomic E-state index is 12.2. The Bertz CT molecular complexity index is 720. The highest BCUT2D eigenvalue weighted by Gasteiger charge is 2.67. The number of aliphatic hydroxyl groups excluding tert-OH is 1. The van der Waals surface area contributed by atoms with Gasteiger partial charge in [-0.2, -0.15) is 11.8 Å². The van der Waals surface area contributed by atoms with Gasteiger partial charge in [-0.3, -0.25) is 0 Å². The first-order valence-electron chi connectivity index (χ1n) is 11.9. The van der Waals surface area contributed by atoms with E-state index in [1.165, 1.54) is 44.1 Å². The van der Waals surface area contributed by atoms with Crippen LogP contribution in [0.1, 0.15) is 83.1 Å². The van der Waals surface area contributed by atoms with Crippen LogP contribution >= 0.6 is 11.8 Å². The molecule has 1 aromatic heterocycles. The minimum Gasteiger partial charge on any atom is -0.472 e. The minimum absolute atomic E-state index is 0.0184. The van der Waals surface area contributed by atoms with Crippen molar-refractivity contribution >= 4 is 11.8 Å². The average Bonchev–Trinajstić information content (AvgIpc) is 3.32. The number of thioether (sulfide) groups is 1. The van der Waals surface area contributed by atoms with E-state index in [0.717, 1.165) is 36.2 Å². The standard InChI is InChI=1S/C25H38O3S/c1-23-9-5-19(29-14-12-26)15-18(23)3-4-22-21(23)6-10-24(2)20(7-11-25(22,24)27)17-8-13-28-16-17/h8,13,16,18-22,26-27H,3-7,9-12,14-15H2,1-2H3/t18?,19?,20?,21-,22-,23+,24-,25-/m1/s1. The summed E-state index contributed by atoms with van der Waals surface area (Å²) in [6.45, 7) is 5.25. The SMILES string of the molecule is C[C@]12CCC(SCCO)CC1CC[C@@H]1[C@H]2CC[C@]2(C)C(c3ccoc3)CC[C@@]12O. The van der Waals surface area contributed by atoms with Gasteiger partial charge in [0, 0.05) is 16.4 Å². The fourth-order valence-corrected chi connectivity index (χ4v) is 9.66. The zero-order chi connectivity index (χ0) is 20.3. The number of rotatable bonds is 4. The summed E-state index contributed by atoms with van der Waals surface area (Å²) < 4.78 is 5.42. The van der Waals surface area contributed by atoms with Gasteiger partial charge in [0.05, 0.1) is 24.7 Å². The molecule has 4 heteroatoms. The van der Waals surface area contributed by atoms with Crippen molar-refractivity contribution in [3.63, 3.8) is 0 Å². The lowest BCUT2D eigenvalue weighted by Gasteiger charge is -2.63. The van der Waals surface area contributed by atoms with Gasteiger partial charge in [-0.1, -0.05) is 13.8 Å². The number of furan rings is 1. The maximum Gasteiger partial charge on any atom is 0.0937 e. The van der Waals surface area contributed by atoms with E-state index in [1.807, 2.05) is 18.0 Å². The second-order valence-electron chi connectivity index (χ2n) is 11.0. The Morgan fingerprint density at radius 3 is 2.69 bits per heavy atom. The molecule has 0 aromatic carbocycles. The molecule has 0 amide bonds. The summed E-state index contributed by atoms with van der Waals surface area (Å²) in [6, 6.07) is 2.12. The van der Waals surface area contributed by atoms with Crippen molar-refractivity contribution in [2.24, 2.45) is 28.6 Å². The molecule has 0 saturated heterocycles.